The number of carbonyl (C=O) groups excluding carboxylic acids is 1. The molecular weight excluding hydrogens is 194 g/mol. The van der Waals surface area contributed by atoms with Gasteiger partial charge in [0.2, 0.25) is 5.91 Å². The minimum absolute atomic E-state index is 0.168. The fourth-order valence-corrected chi connectivity index (χ4v) is 2.31. The van der Waals surface area contributed by atoms with Crippen molar-refractivity contribution < 1.29 is 4.79 Å². The number of thiophene rings is 1. The summed E-state index contributed by atoms with van der Waals surface area (Å²) in [4.78, 5) is 14.0. The van der Waals surface area contributed by atoms with E-state index in [1.54, 1.807) is 11.3 Å². The molecule has 2 rings (SSSR count). The smallest absolute Gasteiger partial charge is 0.223 e. The van der Waals surface area contributed by atoms with Gasteiger partial charge in [0.05, 0.1) is 6.04 Å². The van der Waals surface area contributed by atoms with E-state index in [0.717, 1.165) is 12.8 Å². The monoisotopic (exact) mass is 209 g/mol. The van der Waals surface area contributed by atoms with Crippen LogP contribution in [0.3, 0.4) is 0 Å². The van der Waals surface area contributed by atoms with Crippen LogP contribution in [0.15, 0.2) is 12.1 Å². The predicted molar refractivity (Wildman–Crippen MR) is 58.3 cm³/mol. The number of amides is 1. The summed E-state index contributed by atoms with van der Waals surface area (Å²) in [6.07, 6.45) is 2.14. The van der Waals surface area contributed by atoms with E-state index < -0.39 is 0 Å². The average Bonchev–Trinajstić information content (AvgIpc) is 2.89. The van der Waals surface area contributed by atoms with Gasteiger partial charge in [-0.25, -0.2) is 0 Å². The molecule has 1 aliphatic carbocycles. The van der Waals surface area contributed by atoms with Crippen LogP contribution in [0.2, 0.25) is 0 Å². The molecule has 14 heavy (non-hydrogen) atoms. The van der Waals surface area contributed by atoms with E-state index in [0.29, 0.717) is 5.92 Å². The molecule has 0 spiro atoms. The van der Waals surface area contributed by atoms with E-state index in [4.69, 9.17) is 0 Å². The molecule has 1 N–H and O–H groups in total. The first kappa shape index (κ1) is 9.71. The third-order valence-corrected chi connectivity index (χ3v) is 3.68. The second-order valence-electron chi connectivity index (χ2n) is 3.95. The maximum absolute atomic E-state index is 11.5. The third-order valence-electron chi connectivity index (χ3n) is 2.49. The largest absolute Gasteiger partial charge is 0.349 e. The lowest BCUT2D eigenvalue weighted by Crippen LogP contribution is -2.27. The van der Waals surface area contributed by atoms with Crippen LogP contribution in [0, 0.1) is 12.8 Å². The summed E-state index contributed by atoms with van der Waals surface area (Å²) in [6.45, 7) is 4.13. The molecule has 1 unspecified atom stereocenters. The molecule has 1 atom stereocenters. The van der Waals surface area contributed by atoms with Crippen molar-refractivity contribution in [1.82, 2.24) is 5.32 Å². The molecule has 1 amide bonds. The highest BCUT2D eigenvalue weighted by Gasteiger charge is 2.30. The van der Waals surface area contributed by atoms with Crippen molar-refractivity contribution >= 4 is 17.2 Å². The molecule has 0 saturated heterocycles. The molecule has 1 saturated carbocycles. The van der Waals surface area contributed by atoms with E-state index in [9.17, 15) is 4.79 Å². The Bertz CT molecular complexity index is 341. The van der Waals surface area contributed by atoms with Crippen LogP contribution in [0.25, 0.3) is 0 Å². The lowest BCUT2D eigenvalue weighted by Gasteiger charge is -2.11. The predicted octanol–water partition coefficient (Wildman–Crippen LogP) is 2.64. The van der Waals surface area contributed by atoms with Gasteiger partial charge in [-0.05, 0) is 38.8 Å². The minimum Gasteiger partial charge on any atom is -0.349 e. The Morgan fingerprint density at radius 1 is 1.57 bits per heavy atom. The topological polar surface area (TPSA) is 29.1 Å². The summed E-state index contributed by atoms with van der Waals surface area (Å²) in [5.74, 6) is 0.530. The summed E-state index contributed by atoms with van der Waals surface area (Å²) < 4.78 is 0. The molecule has 2 nitrogen and oxygen atoms in total. The highest BCUT2D eigenvalue weighted by atomic mass is 32.1. The highest BCUT2D eigenvalue weighted by molar-refractivity contribution is 7.12. The van der Waals surface area contributed by atoms with E-state index in [2.05, 4.69) is 24.4 Å². The van der Waals surface area contributed by atoms with Crippen molar-refractivity contribution in [3.05, 3.63) is 21.9 Å². The molecule has 3 heteroatoms. The van der Waals surface area contributed by atoms with E-state index in [1.165, 1.54) is 9.75 Å². The van der Waals surface area contributed by atoms with Crippen molar-refractivity contribution in [2.75, 3.05) is 0 Å². The van der Waals surface area contributed by atoms with Crippen molar-refractivity contribution in [1.29, 1.82) is 0 Å². The number of nitrogens with one attached hydrogen (secondary N) is 1. The number of carbonyl (C=O) groups is 1. The molecule has 0 aromatic carbocycles. The first-order valence-electron chi connectivity index (χ1n) is 5.03. The van der Waals surface area contributed by atoms with Gasteiger partial charge < -0.3 is 5.32 Å². The molecule has 1 aliphatic rings. The lowest BCUT2D eigenvalue weighted by molar-refractivity contribution is -0.122. The Kier molecular flexibility index (Phi) is 2.59. The molecule has 0 aliphatic heterocycles. The van der Waals surface area contributed by atoms with Gasteiger partial charge in [-0.1, -0.05) is 0 Å². The SMILES string of the molecule is Cc1ccc(C(C)NC(=O)C2CC2)s1. The average molecular weight is 209 g/mol. The van der Waals surface area contributed by atoms with Gasteiger partial charge in [0.15, 0.2) is 0 Å². The molecular formula is C11H15NOS. The molecule has 76 valence electrons. The van der Waals surface area contributed by atoms with Gasteiger partial charge in [0.25, 0.3) is 0 Å². The molecule has 0 radical (unpaired) electrons. The zero-order chi connectivity index (χ0) is 10.1. The Morgan fingerprint density at radius 3 is 2.79 bits per heavy atom. The van der Waals surface area contributed by atoms with Crippen molar-refractivity contribution in [2.24, 2.45) is 5.92 Å². The molecule has 0 bridgehead atoms. The Morgan fingerprint density at radius 2 is 2.29 bits per heavy atom. The van der Waals surface area contributed by atoms with Gasteiger partial charge in [-0.15, -0.1) is 11.3 Å². The van der Waals surface area contributed by atoms with Gasteiger partial charge in [-0.2, -0.15) is 0 Å². The number of rotatable bonds is 3. The summed E-state index contributed by atoms with van der Waals surface area (Å²) in [5, 5.41) is 3.04. The Labute approximate surface area is 88.3 Å². The third kappa shape index (κ3) is 2.15. The molecule has 1 aromatic heterocycles. The van der Waals surface area contributed by atoms with E-state index in [1.807, 2.05) is 6.92 Å². The summed E-state index contributed by atoms with van der Waals surface area (Å²) in [7, 11) is 0. The van der Waals surface area contributed by atoms with Gasteiger partial charge in [-0.3, -0.25) is 4.79 Å². The Balaban J connectivity index is 1.94. The van der Waals surface area contributed by atoms with Crippen LogP contribution in [0.5, 0.6) is 0 Å². The van der Waals surface area contributed by atoms with Crippen LogP contribution in [-0.2, 0) is 4.79 Å². The van der Waals surface area contributed by atoms with Crippen molar-refractivity contribution in [2.45, 2.75) is 32.7 Å². The quantitative estimate of drug-likeness (QED) is 0.814. The number of aryl methyl sites for hydroxylation is 1. The molecule has 1 heterocycles. The first-order chi connectivity index (χ1) is 6.66. The summed E-state index contributed by atoms with van der Waals surface area (Å²) in [5.41, 5.74) is 0. The fourth-order valence-electron chi connectivity index (χ4n) is 1.43. The summed E-state index contributed by atoms with van der Waals surface area (Å²) >= 11 is 1.76. The van der Waals surface area contributed by atoms with E-state index >= 15 is 0 Å². The number of hydrogen-bond donors (Lipinski definition) is 1. The van der Waals surface area contributed by atoms with Crippen molar-refractivity contribution in [3.63, 3.8) is 0 Å². The Hall–Kier alpha value is -0.830. The molecule has 1 aromatic rings. The van der Waals surface area contributed by atoms with Crippen LogP contribution >= 0.6 is 11.3 Å². The first-order valence-corrected chi connectivity index (χ1v) is 5.85. The minimum atomic E-state index is 0.168. The fraction of sp³-hybridized carbons (Fsp3) is 0.545. The normalized spacial score (nSPS) is 17.9. The zero-order valence-corrected chi connectivity index (χ0v) is 9.36. The van der Waals surface area contributed by atoms with Gasteiger partial charge in [0, 0.05) is 15.7 Å². The van der Waals surface area contributed by atoms with E-state index in [-0.39, 0.29) is 11.9 Å². The lowest BCUT2D eigenvalue weighted by atomic mass is 10.2. The second-order valence-corrected chi connectivity index (χ2v) is 5.27. The standard InChI is InChI=1S/C11H15NOS/c1-7-3-6-10(14-7)8(2)12-11(13)9-4-5-9/h3,6,8-9H,4-5H2,1-2H3,(H,12,13). The van der Waals surface area contributed by atoms with Gasteiger partial charge >= 0.3 is 0 Å². The van der Waals surface area contributed by atoms with Crippen LogP contribution in [-0.4, -0.2) is 5.91 Å². The summed E-state index contributed by atoms with van der Waals surface area (Å²) in [6, 6.07) is 4.36. The van der Waals surface area contributed by atoms with Gasteiger partial charge in [0.1, 0.15) is 0 Å². The van der Waals surface area contributed by atoms with Crippen LogP contribution in [0.4, 0.5) is 0 Å². The van der Waals surface area contributed by atoms with Crippen molar-refractivity contribution in [3.8, 4) is 0 Å². The second kappa shape index (κ2) is 3.73. The molecule has 1 fully saturated rings. The zero-order valence-electron chi connectivity index (χ0n) is 8.54. The maximum atomic E-state index is 11.5. The highest BCUT2D eigenvalue weighted by Crippen LogP contribution is 2.30. The van der Waals surface area contributed by atoms with Crippen LogP contribution < -0.4 is 5.32 Å². The number of hydrogen-bond acceptors (Lipinski definition) is 2. The maximum Gasteiger partial charge on any atom is 0.223 e. The van der Waals surface area contributed by atoms with Crippen LogP contribution in [0.1, 0.15) is 35.6 Å².